The van der Waals surface area contributed by atoms with E-state index in [2.05, 4.69) is 18.7 Å². The van der Waals surface area contributed by atoms with Gasteiger partial charge >= 0.3 is 6.09 Å². The Kier molecular flexibility index (Phi) is 12.1. The highest BCUT2D eigenvalue weighted by Gasteiger charge is 2.27. The summed E-state index contributed by atoms with van der Waals surface area (Å²) in [5.74, 6) is 0.235. The molecule has 0 bridgehead atoms. The Morgan fingerprint density at radius 1 is 1.06 bits per heavy atom. The summed E-state index contributed by atoms with van der Waals surface area (Å²) in [6, 6.07) is 9.74. The monoisotopic (exact) mass is 438 g/mol. The molecule has 1 aromatic rings. The van der Waals surface area contributed by atoms with Crippen molar-refractivity contribution in [2.24, 2.45) is 5.92 Å². The van der Waals surface area contributed by atoms with Gasteiger partial charge in [0.15, 0.2) is 6.29 Å². The maximum Gasteiger partial charge on any atom is 0.410 e. The normalized spacial score (nSPS) is 14.0. The number of nitrogens with zero attached hydrogens (tertiary/aromatic N) is 2. The molecule has 0 saturated carbocycles. The van der Waals surface area contributed by atoms with Crippen molar-refractivity contribution < 1.29 is 24.1 Å². The van der Waals surface area contributed by atoms with E-state index in [1.165, 1.54) is 4.90 Å². The van der Waals surface area contributed by atoms with E-state index in [0.29, 0.717) is 26.4 Å². The van der Waals surface area contributed by atoms with E-state index in [4.69, 9.17) is 14.2 Å². The van der Waals surface area contributed by atoms with E-state index in [-0.39, 0.29) is 18.1 Å². The smallest absolute Gasteiger partial charge is 0.410 e. The topological polar surface area (TPSA) is 71.5 Å². The summed E-state index contributed by atoms with van der Waals surface area (Å²) in [6.45, 7) is 12.4. The Balaban J connectivity index is 2.30. The van der Waals surface area contributed by atoms with Gasteiger partial charge in [0.2, 0.25) is 0 Å². The molecule has 0 saturated heterocycles. The quantitative estimate of drug-likeness (QED) is 0.374. The number of carbonyl (C=O) groups excluding carboxylic acids is 1. The van der Waals surface area contributed by atoms with Gasteiger partial charge in [0.05, 0.1) is 19.3 Å². The molecule has 7 heteroatoms. The minimum Gasteiger partial charge on any atom is -0.444 e. The van der Waals surface area contributed by atoms with Gasteiger partial charge in [0.1, 0.15) is 5.60 Å². The maximum absolute atomic E-state index is 11.9. The van der Waals surface area contributed by atoms with Gasteiger partial charge in [0, 0.05) is 26.7 Å². The molecule has 0 heterocycles. The third-order valence-electron chi connectivity index (χ3n) is 4.82. The van der Waals surface area contributed by atoms with Crippen molar-refractivity contribution in [3.63, 3.8) is 0 Å². The molecule has 0 radical (unpaired) electrons. The first-order valence-corrected chi connectivity index (χ1v) is 11.1. The zero-order chi connectivity index (χ0) is 23.4. The van der Waals surface area contributed by atoms with Crippen LogP contribution in [0, 0.1) is 5.92 Å². The number of rotatable bonds is 13. The van der Waals surface area contributed by atoms with Crippen LogP contribution in [0.5, 0.6) is 0 Å². The molecule has 1 aromatic carbocycles. The first kappa shape index (κ1) is 27.4. The molecule has 31 heavy (non-hydrogen) atoms. The van der Waals surface area contributed by atoms with Crippen LogP contribution >= 0.6 is 0 Å². The van der Waals surface area contributed by atoms with Crippen molar-refractivity contribution >= 4 is 6.09 Å². The van der Waals surface area contributed by atoms with E-state index >= 15 is 0 Å². The van der Waals surface area contributed by atoms with E-state index in [0.717, 1.165) is 18.5 Å². The van der Waals surface area contributed by atoms with Gasteiger partial charge in [-0.1, -0.05) is 44.2 Å². The summed E-state index contributed by atoms with van der Waals surface area (Å²) in [6.07, 6.45) is -0.393. The standard InChI is InChI=1S/C24H42N2O5/c1-19(2)21(22(27)30-18-20-12-9-8-10-13-20)25(6)14-11-16-29-17-15-26(7)23(28)31-24(3,4)5/h8-10,12-13,19,21-22,27H,11,14-18H2,1-7H3/t21-,22?/m0/s1. The van der Waals surface area contributed by atoms with E-state index in [1.807, 2.05) is 58.2 Å². The van der Waals surface area contributed by atoms with Crippen molar-refractivity contribution in [3.8, 4) is 0 Å². The van der Waals surface area contributed by atoms with Crippen LogP contribution in [-0.4, -0.2) is 79.3 Å². The first-order valence-electron chi connectivity index (χ1n) is 11.1. The zero-order valence-electron chi connectivity index (χ0n) is 20.3. The summed E-state index contributed by atoms with van der Waals surface area (Å²) >= 11 is 0. The lowest BCUT2D eigenvalue weighted by Crippen LogP contribution is -2.46. The van der Waals surface area contributed by atoms with Crippen LogP contribution < -0.4 is 0 Å². The molecule has 0 aliphatic rings. The second-order valence-electron chi connectivity index (χ2n) is 9.27. The predicted octanol–water partition coefficient (Wildman–Crippen LogP) is 3.75. The Morgan fingerprint density at radius 3 is 2.29 bits per heavy atom. The van der Waals surface area contributed by atoms with Crippen LogP contribution in [0.3, 0.4) is 0 Å². The fraction of sp³-hybridized carbons (Fsp3) is 0.708. The Labute approximate surface area is 188 Å². The fourth-order valence-electron chi connectivity index (χ4n) is 3.21. The number of amides is 1. The van der Waals surface area contributed by atoms with Gasteiger partial charge in [-0.2, -0.15) is 0 Å². The van der Waals surface area contributed by atoms with Crippen LogP contribution in [0.25, 0.3) is 0 Å². The van der Waals surface area contributed by atoms with Gasteiger partial charge in [-0.3, -0.25) is 4.90 Å². The summed E-state index contributed by atoms with van der Waals surface area (Å²) < 4.78 is 16.7. The number of benzene rings is 1. The first-order chi connectivity index (χ1) is 14.5. The van der Waals surface area contributed by atoms with Crippen LogP contribution in [0.4, 0.5) is 4.79 Å². The largest absolute Gasteiger partial charge is 0.444 e. The molecule has 7 nitrogen and oxygen atoms in total. The molecule has 0 aliphatic carbocycles. The lowest BCUT2D eigenvalue weighted by Gasteiger charge is -2.34. The molecule has 1 unspecified atom stereocenters. The van der Waals surface area contributed by atoms with Gasteiger partial charge in [0.25, 0.3) is 0 Å². The van der Waals surface area contributed by atoms with Gasteiger partial charge in [-0.25, -0.2) is 4.79 Å². The highest BCUT2D eigenvalue weighted by atomic mass is 16.6. The van der Waals surface area contributed by atoms with E-state index < -0.39 is 11.9 Å². The molecule has 2 atom stereocenters. The van der Waals surface area contributed by atoms with Crippen LogP contribution in [0.1, 0.15) is 46.6 Å². The van der Waals surface area contributed by atoms with Crippen molar-refractivity contribution in [1.29, 1.82) is 0 Å². The molecule has 0 aliphatic heterocycles. The minimum atomic E-state index is -0.867. The molecule has 0 fully saturated rings. The summed E-state index contributed by atoms with van der Waals surface area (Å²) in [5.41, 5.74) is 0.538. The number of carbonyl (C=O) groups is 1. The highest BCUT2D eigenvalue weighted by Crippen LogP contribution is 2.16. The number of hydrogen-bond donors (Lipinski definition) is 1. The van der Waals surface area contributed by atoms with Gasteiger partial charge in [-0.05, 0) is 45.7 Å². The number of aliphatic hydroxyl groups is 1. The second-order valence-corrected chi connectivity index (χ2v) is 9.27. The van der Waals surface area contributed by atoms with Gasteiger partial charge in [-0.15, -0.1) is 0 Å². The summed E-state index contributed by atoms with van der Waals surface area (Å²) in [4.78, 5) is 15.6. The Hall–Kier alpha value is -1.67. The average molecular weight is 439 g/mol. The van der Waals surface area contributed by atoms with Gasteiger partial charge < -0.3 is 24.2 Å². The van der Waals surface area contributed by atoms with Crippen LogP contribution in [-0.2, 0) is 20.8 Å². The number of ether oxygens (including phenoxy) is 3. The molecule has 178 valence electrons. The van der Waals surface area contributed by atoms with Crippen molar-refractivity contribution in [2.75, 3.05) is 40.4 Å². The lowest BCUT2D eigenvalue weighted by atomic mass is 10.0. The molecule has 0 spiro atoms. The number of aliphatic hydroxyl groups excluding tert-OH is 1. The lowest BCUT2D eigenvalue weighted by molar-refractivity contribution is -0.158. The van der Waals surface area contributed by atoms with E-state index in [1.54, 1.807) is 7.05 Å². The predicted molar refractivity (Wildman–Crippen MR) is 123 cm³/mol. The van der Waals surface area contributed by atoms with Crippen molar-refractivity contribution in [3.05, 3.63) is 35.9 Å². The third-order valence-corrected chi connectivity index (χ3v) is 4.82. The molecule has 1 rings (SSSR count). The molecular formula is C24H42N2O5. The van der Waals surface area contributed by atoms with Crippen LogP contribution in [0.15, 0.2) is 30.3 Å². The Bertz CT molecular complexity index is 618. The Morgan fingerprint density at radius 2 is 1.71 bits per heavy atom. The summed E-state index contributed by atoms with van der Waals surface area (Å²) in [5, 5.41) is 10.6. The number of hydrogen-bond acceptors (Lipinski definition) is 6. The molecular weight excluding hydrogens is 396 g/mol. The summed E-state index contributed by atoms with van der Waals surface area (Å²) in [7, 11) is 3.70. The maximum atomic E-state index is 11.9. The van der Waals surface area contributed by atoms with Crippen LogP contribution in [0.2, 0.25) is 0 Å². The second kappa shape index (κ2) is 13.7. The number of likely N-dealkylation sites (N-methyl/N-ethyl adjacent to an activating group) is 2. The van der Waals surface area contributed by atoms with Crippen molar-refractivity contribution in [2.45, 2.75) is 65.6 Å². The molecule has 1 amide bonds. The average Bonchev–Trinajstić information content (AvgIpc) is 2.68. The van der Waals surface area contributed by atoms with E-state index in [9.17, 15) is 9.90 Å². The zero-order valence-corrected chi connectivity index (χ0v) is 20.3. The highest BCUT2D eigenvalue weighted by molar-refractivity contribution is 5.67. The van der Waals surface area contributed by atoms with Crippen molar-refractivity contribution in [1.82, 2.24) is 9.80 Å². The molecule has 1 N–H and O–H groups in total. The third kappa shape index (κ3) is 11.5. The SMILES string of the molecule is CC(C)[C@@H](C(O)OCc1ccccc1)N(C)CCCOCCN(C)C(=O)OC(C)(C)C. The molecule has 0 aromatic heterocycles. The minimum absolute atomic E-state index is 0.109. The fourth-order valence-corrected chi connectivity index (χ4v) is 3.21.